The topological polar surface area (TPSA) is 108 Å². The van der Waals surface area contributed by atoms with Gasteiger partial charge in [0, 0.05) is 17.3 Å². The van der Waals surface area contributed by atoms with Crippen molar-refractivity contribution < 1.29 is 22.4 Å². The average molecular weight is 479 g/mol. The second-order valence-corrected chi connectivity index (χ2v) is 9.16. The molecule has 8 nitrogen and oxygen atoms in total. The van der Waals surface area contributed by atoms with Crippen LogP contribution in [0.2, 0.25) is 0 Å². The first kappa shape index (κ1) is 21.0. The number of amides is 2. The molecule has 0 bridgehead atoms. The van der Waals surface area contributed by atoms with E-state index in [2.05, 4.69) is 15.0 Å². The molecule has 0 radical (unpaired) electrons. The molecule has 0 aliphatic carbocycles. The Bertz CT molecular complexity index is 1290. The molecule has 158 valence electrons. The third-order valence-corrected chi connectivity index (χ3v) is 6.72. The Morgan fingerprint density at radius 1 is 1.00 bits per heavy atom. The van der Waals surface area contributed by atoms with E-state index in [1.54, 1.807) is 5.38 Å². The van der Waals surface area contributed by atoms with Gasteiger partial charge in [0.05, 0.1) is 10.6 Å². The molecule has 4 rings (SSSR count). The monoisotopic (exact) mass is 478 g/mol. The molecule has 0 spiro atoms. The molecule has 2 heterocycles. The maximum atomic E-state index is 13.1. The van der Waals surface area contributed by atoms with Crippen LogP contribution < -0.4 is 14.9 Å². The summed E-state index contributed by atoms with van der Waals surface area (Å²) in [5.74, 6) is -1.99. The predicted molar refractivity (Wildman–Crippen MR) is 115 cm³/mol. The van der Waals surface area contributed by atoms with Gasteiger partial charge in [0.15, 0.2) is 5.13 Å². The summed E-state index contributed by atoms with van der Waals surface area (Å²) in [6, 6.07) is 10.3. The van der Waals surface area contributed by atoms with E-state index in [4.69, 9.17) is 11.6 Å². The highest BCUT2D eigenvalue weighted by atomic mass is 35.5. The summed E-state index contributed by atoms with van der Waals surface area (Å²) in [6.07, 6.45) is 1.47. The van der Waals surface area contributed by atoms with Gasteiger partial charge < -0.3 is 5.32 Å². The number of benzene rings is 2. The normalized spacial score (nSPS) is 14.3. The number of rotatable bonds is 6. The summed E-state index contributed by atoms with van der Waals surface area (Å²) < 4.78 is 40.3. The van der Waals surface area contributed by atoms with Crippen LogP contribution in [0.1, 0.15) is 0 Å². The van der Waals surface area contributed by atoms with Crippen molar-refractivity contribution in [2.75, 3.05) is 14.9 Å². The molecule has 0 saturated heterocycles. The zero-order valence-corrected chi connectivity index (χ0v) is 17.8. The summed E-state index contributed by atoms with van der Waals surface area (Å²) in [5, 5.41) is 4.27. The number of halogens is 2. The number of sulfonamides is 1. The van der Waals surface area contributed by atoms with Gasteiger partial charge in [-0.2, -0.15) is 0 Å². The standard InChI is InChI=1S/C19H12ClFN4O4S2/c20-15-16(18(27)25(17(15)26)13-5-1-11(21)2-6-13)23-12-3-7-14(8-4-12)31(28,29)24-19-22-9-10-30-19/h1-10,23H,(H,22,24). The molecule has 3 aromatic rings. The molecule has 12 heteroatoms. The molecule has 0 atom stereocenters. The minimum absolute atomic E-state index is 0.0184. The fraction of sp³-hybridized carbons (Fsp3) is 0. The van der Waals surface area contributed by atoms with Crippen molar-refractivity contribution in [2.45, 2.75) is 4.90 Å². The van der Waals surface area contributed by atoms with Gasteiger partial charge in [0.2, 0.25) is 0 Å². The van der Waals surface area contributed by atoms with E-state index in [9.17, 15) is 22.4 Å². The first-order chi connectivity index (χ1) is 14.8. The third-order valence-electron chi connectivity index (χ3n) is 4.20. The van der Waals surface area contributed by atoms with Crippen LogP contribution in [0.5, 0.6) is 0 Å². The van der Waals surface area contributed by atoms with Crippen LogP contribution in [0, 0.1) is 5.82 Å². The number of nitrogens with zero attached hydrogens (tertiary/aromatic N) is 2. The van der Waals surface area contributed by atoms with Crippen molar-refractivity contribution in [1.82, 2.24) is 4.98 Å². The van der Waals surface area contributed by atoms with Crippen LogP contribution in [0.25, 0.3) is 0 Å². The first-order valence-electron chi connectivity index (χ1n) is 8.60. The van der Waals surface area contributed by atoms with Crippen molar-refractivity contribution in [3.8, 4) is 0 Å². The van der Waals surface area contributed by atoms with Crippen LogP contribution in [0.4, 0.5) is 20.9 Å². The van der Waals surface area contributed by atoms with Crippen molar-refractivity contribution in [2.24, 2.45) is 0 Å². The summed E-state index contributed by atoms with van der Waals surface area (Å²) in [6.45, 7) is 0. The van der Waals surface area contributed by atoms with Crippen LogP contribution in [-0.2, 0) is 19.6 Å². The van der Waals surface area contributed by atoms with Crippen LogP contribution in [0.15, 0.2) is 75.7 Å². The molecule has 2 N–H and O–H groups in total. The number of hydrogen-bond donors (Lipinski definition) is 2. The Hall–Kier alpha value is -3.28. The van der Waals surface area contributed by atoms with Crippen molar-refractivity contribution >= 4 is 61.3 Å². The zero-order valence-electron chi connectivity index (χ0n) is 15.4. The second kappa shape index (κ2) is 8.10. The lowest BCUT2D eigenvalue weighted by molar-refractivity contribution is -0.120. The highest BCUT2D eigenvalue weighted by molar-refractivity contribution is 7.93. The van der Waals surface area contributed by atoms with Crippen molar-refractivity contribution in [3.63, 3.8) is 0 Å². The average Bonchev–Trinajstić information content (AvgIpc) is 3.32. The summed E-state index contributed by atoms with van der Waals surface area (Å²) >= 11 is 7.19. The fourth-order valence-corrected chi connectivity index (χ4v) is 4.75. The third kappa shape index (κ3) is 4.15. The number of nitrogens with one attached hydrogen (secondary N) is 2. The van der Waals surface area contributed by atoms with Gasteiger partial charge in [-0.1, -0.05) is 11.6 Å². The Kier molecular flexibility index (Phi) is 5.48. The quantitative estimate of drug-likeness (QED) is 0.525. The lowest BCUT2D eigenvalue weighted by Crippen LogP contribution is -2.32. The number of carbonyl (C=O) groups excluding carboxylic acids is 2. The van der Waals surface area contributed by atoms with Crippen LogP contribution in [-0.4, -0.2) is 25.2 Å². The molecule has 1 aromatic heterocycles. The van der Waals surface area contributed by atoms with Gasteiger partial charge in [-0.05, 0) is 48.5 Å². The number of hydrogen-bond acceptors (Lipinski definition) is 7. The fourth-order valence-electron chi connectivity index (χ4n) is 2.75. The van der Waals surface area contributed by atoms with Gasteiger partial charge in [-0.3, -0.25) is 14.3 Å². The van der Waals surface area contributed by atoms with Gasteiger partial charge in [-0.15, -0.1) is 11.3 Å². The Labute approximate surface area is 185 Å². The maximum Gasteiger partial charge on any atom is 0.283 e. The van der Waals surface area contributed by atoms with E-state index >= 15 is 0 Å². The minimum atomic E-state index is -3.83. The Morgan fingerprint density at radius 3 is 2.29 bits per heavy atom. The number of anilines is 3. The van der Waals surface area contributed by atoms with Gasteiger partial charge in [0.25, 0.3) is 21.8 Å². The molecule has 31 heavy (non-hydrogen) atoms. The number of carbonyl (C=O) groups is 2. The number of aromatic nitrogens is 1. The first-order valence-corrected chi connectivity index (χ1v) is 11.3. The van der Waals surface area contributed by atoms with Gasteiger partial charge in [0.1, 0.15) is 16.5 Å². The van der Waals surface area contributed by atoms with E-state index in [1.165, 1.54) is 42.6 Å². The molecule has 0 fully saturated rings. The second-order valence-electron chi connectivity index (χ2n) is 6.20. The predicted octanol–water partition coefficient (Wildman–Crippen LogP) is 3.52. The van der Waals surface area contributed by atoms with E-state index < -0.39 is 27.7 Å². The molecular weight excluding hydrogens is 467 g/mol. The lowest BCUT2D eigenvalue weighted by Gasteiger charge is -2.15. The number of thiazole rings is 1. The van der Waals surface area contributed by atoms with E-state index in [0.29, 0.717) is 5.69 Å². The smallest absolute Gasteiger partial charge is 0.283 e. The zero-order chi connectivity index (χ0) is 22.2. The molecule has 1 aliphatic rings. The summed E-state index contributed by atoms with van der Waals surface area (Å²) in [5.41, 5.74) is 0.331. The molecule has 1 aliphatic heterocycles. The summed E-state index contributed by atoms with van der Waals surface area (Å²) in [4.78, 5) is 29.8. The number of imide groups is 1. The van der Waals surface area contributed by atoms with Crippen molar-refractivity contribution in [3.05, 3.63) is 76.7 Å². The highest BCUT2D eigenvalue weighted by Gasteiger charge is 2.39. The van der Waals surface area contributed by atoms with Crippen molar-refractivity contribution in [1.29, 1.82) is 0 Å². The largest absolute Gasteiger partial charge is 0.350 e. The van der Waals surface area contributed by atoms with E-state index in [0.717, 1.165) is 28.4 Å². The molecule has 2 amide bonds. The minimum Gasteiger partial charge on any atom is -0.350 e. The van der Waals surface area contributed by atoms with Crippen LogP contribution in [0.3, 0.4) is 0 Å². The highest BCUT2D eigenvalue weighted by Crippen LogP contribution is 2.30. The SMILES string of the molecule is O=C1C(Cl)=C(Nc2ccc(S(=O)(=O)Nc3nccs3)cc2)C(=O)N1c1ccc(F)cc1. The van der Waals surface area contributed by atoms with Gasteiger partial charge in [-0.25, -0.2) is 22.7 Å². The van der Waals surface area contributed by atoms with Gasteiger partial charge >= 0.3 is 0 Å². The molecule has 0 saturated carbocycles. The Balaban J connectivity index is 1.53. The molecule has 0 unspecified atom stereocenters. The summed E-state index contributed by atoms with van der Waals surface area (Å²) in [7, 11) is -3.83. The molecular formula is C19H12ClFN4O4S2. The van der Waals surface area contributed by atoms with E-state index in [1.807, 2.05) is 0 Å². The molecule has 2 aromatic carbocycles. The Morgan fingerprint density at radius 2 is 1.68 bits per heavy atom. The lowest BCUT2D eigenvalue weighted by atomic mass is 10.3. The maximum absolute atomic E-state index is 13.1. The van der Waals surface area contributed by atoms with E-state index in [-0.39, 0.29) is 26.4 Å². The van der Waals surface area contributed by atoms with Crippen LogP contribution >= 0.6 is 22.9 Å².